The summed E-state index contributed by atoms with van der Waals surface area (Å²) in [4.78, 5) is 49.8. The van der Waals surface area contributed by atoms with E-state index in [9.17, 15) is 18.8 Å². The Kier molecular flexibility index (Phi) is 9.15. The molecule has 3 heterocycles. The number of amidine groups is 1. The lowest BCUT2D eigenvalue weighted by Crippen LogP contribution is -2.44. The van der Waals surface area contributed by atoms with E-state index in [0.717, 1.165) is 36.9 Å². The zero-order valence-electron chi connectivity index (χ0n) is 24.1. The minimum absolute atomic E-state index is 0.0267. The van der Waals surface area contributed by atoms with Gasteiger partial charge in [0.05, 0.1) is 12.2 Å². The van der Waals surface area contributed by atoms with Gasteiger partial charge >= 0.3 is 5.97 Å². The number of nitrogens with zero attached hydrogens (tertiary/aromatic N) is 4. The summed E-state index contributed by atoms with van der Waals surface area (Å²) in [6.07, 6.45) is 6.53. The maximum Gasteiger partial charge on any atom is 0.317 e. The van der Waals surface area contributed by atoms with E-state index < -0.39 is 17.7 Å². The number of aromatic nitrogens is 1. The fraction of sp³-hybridized carbons (Fsp3) is 0.516. The van der Waals surface area contributed by atoms with Crippen molar-refractivity contribution < 1.29 is 28.6 Å². The topological polar surface area (TPSA) is 124 Å². The molecular formula is C31H38FN5O5. The summed E-state index contributed by atoms with van der Waals surface area (Å²) in [6, 6.07) is 7.40. The predicted octanol–water partition coefficient (Wildman–Crippen LogP) is 3.83. The molecule has 11 heteroatoms. The van der Waals surface area contributed by atoms with Crippen LogP contribution in [0.5, 0.6) is 5.88 Å². The Morgan fingerprint density at radius 3 is 2.43 bits per heavy atom. The molecule has 2 aliphatic heterocycles. The van der Waals surface area contributed by atoms with Crippen molar-refractivity contribution in [3.8, 4) is 5.88 Å². The molecule has 224 valence electrons. The van der Waals surface area contributed by atoms with Crippen molar-refractivity contribution in [2.45, 2.75) is 77.0 Å². The van der Waals surface area contributed by atoms with Crippen molar-refractivity contribution in [3.05, 3.63) is 53.5 Å². The van der Waals surface area contributed by atoms with E-state index in [-0.39, 0.29) is 36.6 Å². The third-order valence-corrected chi connectivity index (χ3v) is 8.19. The molecule has 1 aromatic carbocycles. The summed E-state index contributed by atoms with van der Waals surface area (Å²) in [5.74, 6) is -0.569. The van der Waals surface area contributed by atoms with Gasteiger partial charge < -0.3 is 20.1 Å². The molecule has 2 N–H and O–H groups in total. The molecule has 5 rings (SSSR count). The largest absolute Gasteiger partial charge is 0.480 e. The summed E-state index contributed by atoms with van der Waals surface area (Å²) in [5, 5.41) is 12.1. The highest BCUT2D eigenvalue weighted by atomic mass is 19.1. The number of anilines is 1. The normalized spacial score (nSPS) is 22.3. The van der Waals surface area contributed by atoms with Gasteiger partial charge in [-0.3, -0.25) is 19.3 Å². The van der Waals surface area contributed by atoms with Crippen LogP contribution in [0.3, 0.4) is 0 Å². The zero-order chi connectivity index (χ0) is 29.8. The fourth-order valence-corrected chi connectivity index (χ4v) is 6.09. The van der Waals surface area contributed by atoms with Crippen molar-refractivity contribution in [2.75, 3.05) is 24.5 Å². The van der Waals surface area contributed by atoms with Gasteiger partial charge in [-0.15, -0.1) is 0 Å². The van der Waals surface area contributed by atoms with Gasteiger partial charge in [-0.1, -0.05) is 0 Å². The minimum Gasteiger partial charge on any atom is -0.480 e. The number of rotatable bonds is 8. The van der Waals surface area contributed by atoms with E-state index in [1.807, 2.05) is 24.8 Å². The van der Waals surface area contributed by atoms with Crippen LogP contribution in [0.2, 0.25) is 0 Å². The number of carboxylic acid groups (broad SMARTS) is 1. The Morgan fingerprint density at radius 2 is 1.79 bits per heavy atom. The molecule has 0 bridgehead atoms. The number of carbonyl (C=O) groups excluding carboxylic acids is 2. The molecule has 3 aliphatic rings. The first kappa shape index (κ1) is 29.6. The smallest absolute Gasteiger partial charge is 0.317 e. The summed E-state index contributed by atoms with van der Waals surface area (Å²) in [7, 11) is 0. The van der Waals surface area contributed by atoms with Crippen LogP contribution in [0.25, 0.3) is 0 Å². The first-order valence-corrected chi connectivity index (χ1v) is 14.7. The molecule has 1 saturated heterocycles. The molecule has 1 aliphatic carbocycles. The first-order chi connectivity index (χ1) is 20.2. The number of aliphatic imine (C=N–C) groups is 1. The highest BCUT2D eigenvalue weighted by molar-refractivity contribution is 6.12. The second-order valence-corrected chi connectivity index (χ2v) is 11.7. The van der Waals surface area contributed by atoms with Crippen molar-refractivity contribution >= 4 is 29.3 Å². The third kappa shape index (κ3) is 7.13. The van der Waals surface area contributed by atoms with Crippen LogP contribution in [0.15, 0.2) is 41.5 Å². The molecule has 2 amide bonds. The lowest BCUT2D eigenvalue weighted by molar-refractivity contribution is -0.138. The Bertz CT molecular complexity index is 1330. The predicted molar refractivity (Wildman–Crippen MR) is 155 cm³/mol. The Balaban J connectivity index is 1.35. The fourth-order valence-electron chi connectivity index (χ4n) is 6.09. The van der Waals surface area contributed by atoms with Crippen LogP contribution in [0.1, 0.15) is 68.3 Å². The molecule has 2 fully saturated rings. The molecule has 1 aromatic heterocycles. The molecule has 0 atom stereocenters. The second kappa shape index (κ2) is 13.0. The van der Waals surface area contributed by atoms with Crippen molar-refractivity contribution in [1.29, 1.82) is 0 Å². The number of ether oxygens (including phenoxy) is 1. The number of nitrogens with one attached hydrogen (secondary N) is 1. The van der Waals surface area contributed by atoms with E-state index >= 15 is 0 Å². The van der Waals surface area contributed by atoms with Gasteiger partial charge in [0.2, 0.25) is 11.8 Å². The molecule has 1 saturated carbocycles. The third-order valence-electron chi connectivity index (χ3n) is 8.19. The minimum atomic E-state index is -0.834. The standard InChI is InChI=1S/C31H38FN5O5/c1-19(2)34-30(40)21-5-9-24(10-6-21)37-26-16-28(42-25-11-13-36(14-12-25)18-29(38)39)33-17-22(26)15-27(37)35-31(41)20-3-7-23(32)8-4-20/h3-4,7-8,16-17,19,21,24-25H,5-6,9-15,18H2,1-2H3,(H,34,40)(H,38,39). The molecule has 42 heavy (non-hydrogen) atoms. The number of carboxylic acids is 1. The van der Waals surface area contributed by atoms with Crippen LogP contribution in [0.4, 0.5) is 10.1 Å². The van der Waals surface area contributed by atoms with Crippen molar-refractivity contribution in [3.63, 3.8) is 0 Å². The molecule has 0 radical (unpaired) electrons. The molecule has 0 spiro atoms. The van der Waals surface area contributed by atoms with Crippen LogP contribution >= 0.6 is 0 Å². The summed E-state index contributed by atoms with van der Waals surface area (Å²) >= 11 is 0. The number of aliphatic carboxylic acids is 1. The number of carbonyl (C=O) groups is 3. The van der Waals surface area contributed by atoms with Gasteiger partial charge in [0.1, 0.15) is 17.8 Å². The summed E-state index contributed by atoms with van der Waals surface area (Å²) in [5.41, 5.74) is 2.14. The number of fused-ring (bicyclic) bond motifs is 1. The Morgan fingerprint density at radius 1 is 1.10 bits per heavy atom. The van der Waals surface area contributed by atoms with E-state index in [0.29, 0.717) is 49.6 Å². The van der Waals surface area contributed by atoms with E-state index in [1.54, 1.807) is 6.20 Å². The van der Waals surface area contributed by atoms with Crippen molar-refractivity contribution in [2.24, 2.45) is 10.9 Å². The maximum atomic E-state index is 13.4. The van der Waals surface area contributed by atoms with E-state index in [2.05, 4.69) is 20.2 Å². The number of hydrogen-bond donors (Lipinski definition) is 2. The van der Waals surface area contributed by atoms with Gasteiger partial charge in [0, 0.05) is 60.9 Å². The Hall–Kier alpha value is -3.86. The number of halogens is 1. The van der Waals surface area contributed by atoms with Gasteiger partial charge in [0.15, 0.2) is 0 Å². The van der Waals surface area contributed by atoms with E-state index in [4.69, 9.17) is 9.84 Å². The van der Waals surface area contributed by atoms with Gasteiger partial charge in [0.25, 0.3) is 5.91 Å². The number of hydrogen-bond acceptors (Lipinski definition) is 6. The lowest BCUT2D eigenvalue weighted by Gasteiger charge is -2.36. The Labute approximate surface area is 245 Å². The maximum absolute atomic E-state index is 13.4. The van der Waals surface area contributed by atoms with E-state index in [1.165, 1.54) is 24.3 Å². The molecular weight excluding hydrogens is 541 g/mol. The average Bonchev–Trinajstić information content (AvgIpc) is 3.30. The lowest BCUT2D eigenvalue weighted by atomic mass is 9.84. The number of likely N-dealkylation sites (tertiary alicyclic amines) is 1. The van der Waals surface area contributed by atoms with Gasteiger partial charge in [-0.2, -0.15) is 4.99 Å². The number of amides is 2. The quantitative estimate of drug-likeness (QED) is 0.484. The number of benzene rings is 1. The van der Waals surface area contributed by atoms with Crippen LogP contribution < -0.4 is 15.0 Å². The van der Waals surface area contributed by atoms with Crippen LogP contribution in [-0.2, 0) is 16.0 Å². The highest BCUT2D eigenvalue weighted by Gasteiger charge is 2.37. The van der Waals surface area contributed by atoms with Crippen molar-refractivity contribution in [1.82, 2.24) is 15.2 Å². The molecule has 2 aromatic rings. The SMILES string of the molecule is CC(C)NC(=O)C1CCC(N2C(=NC(=O)c3ccc(F)cc3)Cc3cnc(OC4CCN(CC(=O)O)CC4)cc32)CC1. The molecule has 10 nitrogen and oxygen atoms in total. The zero-order valence-corrected chi connectivity index (χ0v) is 24.1. The summed E-state index contributed by atoms with van der Waals surface area (Å²) in [6.45, 7) is 5.23. The van der Waals surface area contributed by atoms with Crippen LogP contribution in [0, 0.1) is 11.7 Å². The average molecular weight is 580 g/mol. The van der Waals surface area contributed by atoms with Gasteiger partial charge in [-0.05, 0) is 76.6 Å². The van der Waals surface area contributed by atoms with Gasteiger partial charge in [-0.25, -0.2) is 9.37 Å². The molecule has 0 unspecified atom stereocenters. The van der Waals surface area contributed by atoms with Crippen LogP contribution in [-0.4, -0.2) is 76.4 Å². The first-order valence-electron chi connectivity index (χ1n) is 14.7. The second-order valence-electron chi connectivity index (χ2n) is 11.7. The number of piperidine rings is 1. The number of pyridine rings is 1. The highest BCUT2D eigenvalue weighted by Crippen LogP contribution is 2.39. The monoisotopic (exact) mass is 579 g/mol. The summed E-state index contributed by atoms with van der Waals surface area (Å²) < 4.78 is 19.7.